The Morgan fingerprint density at radius 2 is 0.929 bits per heavy atom. The van der Waals surface area contributed by atoms with Crippen LogP contribution < -0.4 is 0 Å². The third-order valence-corrected chi connectivity index (χ3v) is 14.3. The molecule has 0 aromatic heterocycles. The van der Waals surface area contributed by atoms with E-state index in [1.807, 2.05) is 48.6 Å². The largest absolute Gasteiger partial charge is 0.381 e. The van der Waals surface area contributed by atoms with E-state index in [1.165, 1.54) is 178 Å². The van der Waals surface area contributed by atoms with Gasteiger partial charge in [-0.1, -0.05) is 352 Å². The molecule has 3 saturated heterocycles. The van der Waals surface area contributed by atoms with Gasteiger partial charge in [-0.3, -0.25) is 0 Å². The molecule has 85 heavy (non-hydrogen) atoms. The summed E-state index contributed by atoms with van der Waals surface area (Å²) in [6, 6.07) is 42.0. The molecule has 0 N–H and O–H groups in total. The standard InChI is InChI=1S/C13H26O2.C11H12.2C11H14.C9H18O.2C9H10.C4H8O.C4H10/c1-3-5-6-7-8-9-14-10-13(4-2)11-15-12-13;1-3-4-5-11-8-6-10(2)7-9-11;1-3-6-11-8-5-7-10(4-2)9-11;1-3-5-11-8-6-10(4-2)7-9-11;1-2-3-4-5-6-7-9-8-10-9;1-3-9-6-4-8(2)5-7-9;1-3-9-6-4-5-8(2)7-9;1-2-4-3-5-4;1-3-4-2/h3-12H2,1-2H3;3-9H,1H2,2H3;4-5,7-9H,2-3,6H2,1H3;4,6-9H,2-3,5H2,1H3;9H,2-8H2,1H3;2*3-7H,1H2,2H3;4H,2-3H2,1H3;3-4H2,1-2H3/b;5-4+;;;;;;;. The second-order valence-electron chi connectivity index (χ2n) is 22.5. The Morgan fingerprint density at radius 3 is 1.33 bits per heavy atom. The lowest BCUT2D eigenvalue weighted by Crippen LogP contribution is -2.45. The Kier molecular flexibility index (Phi) is 51.4. The van der Waals surface area contributed by atoms with E-state index in [0.717, 1.165) is 39.6 Å². The molecule has 0 radical (unpaired) electrons. The van der Waals surface area contributed by atoms with Gasteiger partial charge in [-0.15, -0.1) is 0 Å². The summed E-state index contributed by atoms with van der Waals surface area (Å²) in [4.78, 5) is 0. The van der Waals surface area contributed by atoms with E-state index < -0.39 is 0 Å². The Balaban J connectivity index is 0.000000949. The molecule has 2 atom stereocenters. The van der Waals surface area contributed by atoms with Crippen LogP contribution in [-0.2, 0) is 31.8 Å². The highest BCUT2D eigenvalue weighted by Gasteiger charge is 2.36. The zero-order chi connectivity index (χ0) is 63.0. The second kappa shape index (κ2) is 55.0. The highest BCUT2D eigenvalue weighted by Crippen LogP contribution is 2.31. The fourth-order valence-electron chi connectivity index (χ4n) is 8.02. The predicted molar refractivity (Wildman–Crippen MR) is 381 cm³/mol. The molecule has 5 aromatic rings. The highest BCUT2D eigenvalue weighted by atomic mass is 16.6. The number of ether oxygens (including phenoxy) is 4. The van der Waals surface area contributed by atoms with Crippen molar-refractivity contribution >= 4 is 30.4 Å². The quantitative estimate of drug-likeness (QED) is 0.0299. The van der Waals surface area contributed by atoms with Gasteiger partial charge in [0.1, 0.15) is 0 Å². The summed E-state index contributed by atoms with van der Waals surface area (Å²) in [5.41, 5.74) is 13.1. The normalized spacial score (nSPS) is 14.1. The molecule has 3 heterocycles. The molecule has 4 heteroatoms. The molecule has 8 rings (SSSR count). The zero-order valence-electron chi connectivity index (χ0n) is 56.1. The van der Waals surface area contributed by atoms with Crippen LogP contribution in [0.25, 0.3) is 30.4 Å². The van der Waals surface area contributed by atoms with Crippen molar-refractivity contribution < 1.29 is 18.9 Å². The van der Waals surface area contributed by atoms with Crippen molar-refractivity contribution in [2.75, 3.05) is 39.6 Å². The molecule has 0 bridgehead atoms. The summed E-state index contributed by atoms with van der Waals surface area (Å²) >= 11 is 0. The van der Waals surface area contributed by atoms with Crippen LogP contribution in [0.2, 0.25) is 0 Å². The molecule has 4 nitrogen and oxygen atoms in total. The van der Waals surface area contributed by atoms with Crippen LogP contribution in [0.3, 0.4) is 0 Å². The van der Waals surface area contributed by atoms with Crippen LogP contribution in [0.15, 0.2) is 166 Å². The van der Waals surface area contributed by atoms with Crippen LogP contribution in [0.5, 0.6) is 0 Å². The number of hydrogen-bond donors (Lipinski definition) is 0. The SMILES string of the molecule is C=C/C=C/c1ccc(C)cc1.C=Cc1ccc(C)cc1.C=Cc1ccc(CCC)cc1.C=Cc1cccc(C)c1.C=Cc1cccc(CCC)c1.CCC1CO1.CCCC.CCCCCCCC1CO1.CCCCCCCOCC1(CC)COC1. The first-order chi connectivity index (χ1) is 41.3. The van der Waals surface area contributed by atoms with Crippen molar-refractivity contribution in [3.63, 3.8) is 0 Å². The maximum absolute atomic E-state index is 5.73. The number of aryl methyl sites for hydroxylation is 5. The van der Waals surface area contributed by atoms with Gasteiger partial charge < -0.3 is 18.9 Å². The first kappa shape index (κ1) is 79.4. The maximum Gasteiger partial charge on any atom is 0.0810 e. The Hall–Kier alpha value is -5.62. The Bertz CT molecular complexity index is 2370. The first-order valence-electron chi connectivity index (χ1n) is 32.9. The zero-order valence-corrected chi connectivity index (χ0v) is 56.1. The number of hydrogen-bond acceptors (Lipinski definition) is 4. The fourth-order valence-corrected chi connectivity index (χ4v) is 8.02. The minimum Gasteiger partial charge on any atom is -0.381 e. The Labute approximate surface area is 524 Å². The third-order valence-electron chi connectivity index (χ3n) is 14.3. The van der Waals surface area contributed by atoms with E-state index in [-0.39, 0.29) is 0 Å². The topological polar surface area (TPSA) is 43.5 Å². The van der Waals surface area contributed by atoms with Crippen molar-refractivity contribution in [3.05, 3.63) is 222 Å². The van der Waals surface area contributed by atoms with Gasteiger partial charge in [0.2, 0.25) is 0 Å². The molecule has 0 amide bonds. The van der Waals surface area contributed by atoms with E-state index in [2.05, 4.69) is 218 Å². The molecule has 5 aromatic carbocycles. The van der Waals surface area contributed by atoms with Crippen molar-refractivity contribution in [1.82, 2.24) is 0 Å². The van der Waals surface area contributed by atoms with Gasteiger partial charge in [0.25, 0.3) is 0 Å². The van der Waals surface area contributed by atoms with E-state index >= 15 is 0 Å². The first-order valence-corrected chi connectivity index (χ1v) is 32.9. The van der Waals surface area contributed by atoms with Gasteiger partial charge in [-0.25, -0.2) is 0 Å². The van der Waals surface area contributed by atoms with Crippen molar-refractivity contribution in [1.29, 1.82) is 0 Å². The average molecular weight is 1160 g/mol. The van der Waals surface area contributed by atoms with Crippen molar-refractivity contribution in [2.45, 2.75) is 210 Å². The van der Waals surface area contributed by atoms with Crippen LogP contribution in [-0.4, -0.2) is 51.8 Å². The fraction of sp³-hybridized carbons (Fsp3) is 0.481. The number of unbranched alkanes of at least 4 members (excludes halogenated alkanes) is 9. The molecule has 3 fully saturated rings. The molecular weight excluding hydrogens is 1040 g/mol. The molecular formula is C81H122O4. The van der Waals surface area contributed by atoms with Gasteiger partial charge in [0.15, 0.2) is 0 Å². The van der Waals surface area contributed by atoms with Gasteiger partial charge >= 0.3 is 0 Å². The lowest BCUT2D eigenvalue weighted by molar-refractivity contribution is -0.150. The van der Waals surface area contributed by atoms with Gasteiger partial charge in [-0.2, -0.15) is 0 Å². The number of epoxide rings is 2. The third kappa shape index (κ3) is 46.3. The van der Waals surface area contributed by atoms with Crippen LogP contribution >= 0.6 is 0 Å². The summed E-state index contributed by atoms with van der Waals surface area (Å²) < 4.78 is 21.0. The Morgan fingerprint density at radius 1 is 0.459 bits per heavy atom. The summed E-state index contributed by atoms with van der Waals surface area (Å²) in [7, 11) is 0. The lowest BCUT2D eigenvalue weighted by Gasteiger charge is -2.40. The molecule has 2 unspecified atom stereocenters. The monoisotopic (exact) mass is 1160 g/mol. The highest BCUT2D eigenvalue weighted by molar-refractivity contribution is 5.52. The number of benzene rings is 5. The molecule has 0 saturated carbocycles. The van der Waals surface area contributed by atoms with Crippen LogP contribution in [0.1, 0.15) is 220 Å². The van der Waals surface area contributed by atoms with Gasteiger partial charge in [-0.05, 0) is 98.2 Å². The molecule has 0 spiro atoms. The van der Waals surface area contributed by atoms with E-state index in [9.17, 15) is 0 Å². The average Bonchev–Trinajstić information content (AvgIpc) is 4.67. The van der Waals surface area contributed by atoms with E-state index in [1.54, 1.807) is 6.08 Å². The molecule has 0 aliphatic carbocycles. The van der Waals surface area contributed by atoms with Crippen molar-refractivity contribution in [2.24, 2.45) is 5.41 Å². The minimum absolute atomic E-state index is 0.365. The number of rotatable bonds is 27. The molecule has 3 aliphatic rings. The van der Waals surface area contributed by atoms with Gasteiger partial charge in [0.05, 0.1) is 45.2 Å². The summed E-state index contributed by atoms with van der Waals surface area (Å²) in [6.07, 6.45) is 39.2. The van der Waals surface area contributed by atoms with Crippen molar-refractivity contribution in [3.8, 4) is 0 Å². The van der Waals surface area contributed by atoms with Gasteiger partial charge in [0, 0.05) is 12.0 Å². The summed E-state index contributed by atoms with van der Waals surface area (Å²) in [5.74, 6) is 0. The summed E-state index contributed by atoms with van der Waals surface area (Å²) in [6.45, 7) is 47.9. The smallest absolute Gasteiger partial charge is 0.0810 e. The molecule has 470 valence electrons. The van der Waals surface area contributed by atoms with E-state index in [0.29, 0.717) is 17.6 Å². The minimum atomic E-state index is 0.365. The predicted octanol–water partition coefficient (Wildman–Crippen LogP) is 23.8. The lowest BCUT2D eigenvalue weighted by atomic mass is 9.84. The van der Waals surface area contributed by atoms with E-state index in [4.69, 9.17) is 18.9 Å². The summed E-state index contributed by atoms with van der Waals surface area (Å²) in [5, 5.41) is 0. The number of allylic oxidation sites excluding steroid dienone is 2. The molecule has 3 aliphatic heterocycles. The van der Waals surface area contributed by atoms with Crippen LogP contribution in [0, 0.1) is 26.2 Å². The maximum atomic E-state index is 5.73. The second-order valence-corrected chi connectivity index (χ2v) is 22.5. The van der Waals surface area contributed by atoms with Crippen LogP contribution in [0.4, 0.5) is 0 Å².